The van der Waals surface area contributed by atoms with Gasteiger partial charge in [-0.25, -0.2) is 4.98 Å². The summed E-state index contributed by atoms with van der Waals surface area (Å²) in [5, 5.41) is 19.4. The van der Waals surface area contributed by atoms with E-state index in [9.17, 15) is 19.5 Å². The standard InChI is InChI=1S/C28H32Cl2N4O4/c29-19-8-17(9-20(30)10-19)23(11-25(36)37)34-27(38)18-12-28(13-18)14-22(15-28)32-24(35)6-5-21-4-3-16-2-1-7-31-26(16)33-21/h3-4,8-10,18,22-23H,1-2,5-7,11-15H2,(H,31,33)(H,32,35)(H,34,38)(H,36,37)/t18?,22?,23-,28?/m0/s1. The number of fused-ring (bicyclic) bond motifs is 1. The monoisotopic (exact) mass is 558 g/mol. The highest BCUT2D eigenvalue weighted by Crippen LogP contribution is 2.58. The molecule has 38 heavy (non-hydrogen) atoms. The lowest BCUT2D eigenvalue weighted by Gasteiger charge is -2.57. The van der Waals surface area contributed by atoms with Crippen molar-refractivity contribution < 1.29 is 19.5 Å². The predicted octanol–water partition coefficient (Wildman–Crippen LogP) is 4.69. The number of halogens is 2. The summed E-state index contributed by atoms with van der Waals surface area (Å²) in [5.41, 5.74) is 2.82. The van der Waals surface area contributed by atoms with E-state index in [0.29, 0.717) is 28.5 Å². The summed E-state index contributed by atoms with van der Waals surface area (Å²) in [4.78, 5) is 41.5. The molecule has 10 heteroatoms. The lowest BCUT2D eigenvalue weighted by atomic mass is 9.50. The Kier molecular flexibility index (Phi) is 7.82. The Hall–Kier alpha value is -2.84. The van der Waals surface area contributed by atoms with E-state index in [1.165, 1.54) is 5.56 Å². The van der Waals surface area contributed by atoms with Crippen LogP contribution in [0.25, 0.3) is 0 Å². The Morgan fingerprint density at radius 2 is 1.84 bits per heavy atom. The molecule has 2 amide bonds. The summed E-state index contributed by atoms with van der Waals surface area (Å²) in [7, 11) is 0. The van der Waals surface area contributed by atoms with Crippen LogP contribution in [0.3, 0.4) is 0 Å². The molecule has 2 heterocycles. The molecule has 1 aromatic heterocycles. The van der Waals surface area contributed by atoms with E-state index in [4.69, 9.17) is 23.2 Å². The Bertz CT molecular complexity index is 1220. The minimum Gasteiger partial charge on any atom is -0.481 e. The Morgan fingerprint density at radius 3 is 2.55 bits per heavy atom. The molecule has 2 fully saturated rings. The number of hydrogen-bond donors (Lipinski definition) is 4. The summed E-state index contributed by atoms with van der Waals surface area (Å²) in [5.74, 6) is -0.362. The molecule has 0 saturated heterocycles. The van der Waals surface area contributed by atoms with Gasteiger partial charge in [0.15, 0.2) is 0 Å². The second kappa shape index (κ2) is 11.1. The van der Waals surface area contributed by atoms with E-state index in [1.54, 1.807) is 18.2 Å². The molecule has 4 N–H and O–H groups in total. The maximum atomic E-state index is 12.9. The number of pyridine rings is 1. The van der Waals surface area contributed by atoms with Crippen molar-refractivity contribution in [1.82, 2.24) is 15.6 Å². The number of amides is 2. The highest BCUT2D eigenvalue weighted by molar-refractivity contribution is 6.34. The molecule has 2 aliphatic carbocycles. The number of anilines is 1. The Morgan fingerprint density at radius 1 is 1.11 bits per heavy atom. The van der Waals surface area contributed by atoms with Gasteiger partial charge in [-0.1, -0.05) is 29.3 Å². The van der Waals surface area contributed by atoms with E-state index in [0.717, 1.165) is 56.6 Å². The minimum atomic E-state index is -1.02. The second-order valence-electron chi connectivity index (χ2n) is 11.0. The van der Waals surface area contributed by atoms with Crippen molar-refractivity contribution in [2.45, 2.75) is 69.9 Å². The van der Waals surface area contributed by atoms with Crippen LogP contribution in [-0.2, 0) is 27.2 Å². The second-order valence-corrected chi connectivity index (χ2v) is 11.9. The number of nitrogens with one attached hydrogen (secondary N) is 3. The number of benzene rings is 1. The molecule has 8 nitrogen and oxygen atoms in total. The van der Waals surface area contributed by atoms with Gasteiger partial charge in [-0.3, -0.25) is 14.4 Å². The summed E-state index contributed by atoms with van der Waals surface area (Å²) < 4.78 is 0. The third-order valence-electron chi connectivity index (χ3n) is 8.00. The van der Waals surface area contributed by atoms with Crippen LogP contribution in [0.1, 0.15) is 67.8 Å². The molecule has 202 valence electrons. The summed E-state index contributed by atoms with van der Waals surface area (Å²) in [6, 6.07) is 8.37. The maximum absolute atomic E-state index is 12.9. The number of carbonyl (C=O) groups excluding carboxylic acids is 2. The van der Waals surface area contributed by atoms with Crippen LogP contribution in [0.15, 0.2) is 30.3 Å². The Labute approximate surface area is 231 Å². The molecule has 5 rings (SSSR count). The average Bonchev–Trinajstić information content (AvgIpc) is 2.81. The molecule has 2 saturated carbocycles. The van der Waals surface area contributed by atoms with Gasteiger partial charge in [-0.05, 0) is 85.8 Å². The SMILES string of the molecule is O=C(O)C[C@H](NC(=O)C1CC2(CC(NC(=O)CCc3ccc4c(n3)NCCC4)C2)C1)c1cc(Cl)cc(Cl)c1. The van der Waals surface area contributed by atoms with Gasteiger partial charge in [0.05, 0.1) is 12.5 Å². The number of aliphatic carboxylic acids is 1. The van der Waals surface area contributed by atoms with Crippen molar-refractivity contribution in [3.05, 3.63) is 57.2 Å². The highest BCUT2D eigenvalue weighted by Gasteiger charge is 2.55. The maximum Gasteiger partial charge on any atom is 0.305 e. The molecule has 0 bridgehead atoms. The molecule has 3 aliphatic rings. The van der Waals surface area contributed by atoms with Crippen LogP contribution < -0.4 is 16.0 Å². The van der Waals surface area contributed by atoms with Crippen molar-refractivity contribution in [1.29, 1.82) is 0 Å². The molecule has 1 aromatic carbocycles. The fraction of sp³-hybridized carbons (Fsp3) is 0.500. The molecule has 1 aliphatic heterocycles. The minimum absolute atomic E-state index is 0.0302. The summed E-state index contributed by atoms with van der Waals surface area (Å²) in [6.45, 7) is 0.940. The number of aromatic nitrogens is 1. The topological polar surface area (TPSA) is 120 Å². The van der Waals surface area contributed by atoms with Crippen LogP contribution in [0.2, 0.25) is 10.0 Å². The first-order valence-electron chi connectivity index (χ1n) is 13.2. The van der Waals surface area contributed by atoms with Gasteiger partial charge in [0, 0.05) is 40.7 Å². The summed E-state index contributed by atoms with van der Waals surface area (Å²) >= 11 is 12.2. The van der Waals surface area contributed by atoms with Crippen LogP contribution in [0.5, 0.6) is 0 Å². The number of hydrogen-bond acceptors (Lipinski definition) is 5. The van der Waals surface area contributed by atoms with Gasteiger partial charge in [-0.15, -0.1) is 0 Å². The molecular formula is C28H32Cl2N4O4. The zero-order valence-corrected chi connectivity index (χ0v) is 22.6. The molecular weight excluding hydrogens is 527 g/mol. The van der Waals surface area contributed by atoms with Crippen molar-refractivity contribution in [2.24, 2.45) is 11.3 Å². The first-order chi connectivity index (χ1) is 18.2. The predicted molar refractivity (Wildman–Crippen MR) is 145 cm³/mol. The number of carboxylic acid groups (broad SMARTS) is 1. The molecule has 1 spiro atoms. The van der Waals surface area contributed by atoms with Gasteiger partial charge in [0.2, 0.25) is 11.8 Å². The van der Waals surface area contributed by atoms with Crippen LogP contribution in [-0.4, -0.2) is 40.5 Å². The summed E-state index contributed by atoms with van der Waals surface area (Å²) in [6.07, 6.45) is 6.13. The van der Waals surface area contributed by atoms with Gasteiger partial charge in [-0.2, -0.15) is 0 Å². The lowest BCUT2D eigenvalue weighted by molar-refractivity contribution is -0.143. The van der Waals surface area contributed by atoms with Crippen LogP contribution >= 0.6 is 23.2 Å². The number of carbonyl (C=O) groups is 3. The van der Waals surface area contributed by atoms with Gasteiger partial charge in [0.1, 0.15) is 5.82 Å². The number of aryl methyl sites for hydroxylation is 2. The number of carboxylic acids is 1. The largest absolute Gasteiger partial charge is 0.481 e. The fourth-order valence-corrected chi connectivity index (χ4v) is 6.68. The number of nitrogens with zero attached hydrogens (tertiary/aromatic N) is 1. The van der Waals surface area contributed by atoms with E-state index in [2.05, 4.69) is 27.0 Å². The van der Waals surface area contributed by atoms with Crippen molar-refractivity contribution in [2.75, 3.05) is 11.9 Å². The quantitative estimate of drug-likeness (QED) is 0.354. The third kappa shape index (κ3) is 6.24. The van der Waals surface area contributed by atoms with E-state index < -0.39 is 12.0 Å². The van der Waals surface area contributed by atoms with Crippen LogP contribution in [0.4, 0.5) is 5.82 Å². The Balaban J connectivity index is 1.05. The smallest absolute Gasteiger partial charge is 0.305 e. The third-order valence-corrected chi connectivity index (χ3v) is 8.43. The van der Waals surface area contributed by atoms with Crippen LogP contribution in [0, 0.1) is 11.3 Å². The number of rotatable bonds is 9. The molecule has 0 unspecified atom stereocenters. The zero-order valence-electron chi connectivity index (χ0n) is 21.1. The zero-order chi connectivity index (χ0) is 26.9. The van der Waals surface area contributed by atoms with E-state index >= 15 is 0 Å². The van der Waals surface area contributed by atoms with Gasteiger partial charge >= 0.3 is 5.97 Å². The van der Waals surface area contributed by atoms with E-state index in [-0.39, 0.29) is 35.6 Å². The van der Waals surface area contributed by atoms with Crippen molar-refractivity contribution in [3.63, 3.8) is 0 Å². The normalized spacial score (nSPS) is 24.3. The highest BCUT2D eigenvalue weighted by atomic mass is 35.5. The molecule has 0 radical (unpaired) electrons. The molecule has 2 aromatic rings. The average molecular weight is 559 g/mol. The lowest BCUT2D eigenvalue weighted by Crippen LogP contribution is -2.58. The van der Waals surface area contributed by atoms with Gasteiger partial charge < -0.3 is 21.1 Å². The molecule has 1 atom stereocenters. The van der Waals surface area contributed by atoms with Crippen molar-refractivity contribution >= 4 is 46.8 Å². The first-order valence-corrected chi connectivity index (χ1v) is 13.9. The fourth-order valence-electron chi connectivity index (χ4n) is 6.13. The van der Waals surface area contributed by atoms with E-state index in [1.807, 2.05) is 6.07 Å². The van der Waals surface area contributed by atoms with Crippen molar-refractivity contribution in [3.8, 4) is 0 Å². The first kappa shape index (κ1) is 26.8. The van der Waals surface area contributed by atoms with Gasteiger partial charge in [0.25, 0.3) is 0 Å².